The summed E-state index contributed by atoms with van der Waals surface area (Å²) in [5.41, 5.74) is -1.30. The Kier molecular flexibility index (Phi) is 7.20. The maximum atomic E-state index is 14.1. The Morgan fingerprint density at radius 3 is 2.57 bits per heavy atom. The van der Waals surface area contributed by atoms with Gasteiger partial charge in [0.1, 0.15) is 11.9 Å². The number of carbonyl (C=O) groups is 2. The van der Waals surface area contributed by atoms with Gasteiger partial charge in [0.05, 0.1) is 17.6 Å². The van der Waals surface area contributed by atoms with Crippen LogP contribution in [0.4, 0.5) is 17.6 Å². The Labute approximate surface area is 209 Å². The lowest BCUT2D eigenvalue weighted by atomic mass is 10.1. The van der Waals surface area contributed by atoms with Gasteiger partial charge in [-0.2, -0.15) is 22.7 Å². The molecule has 0 aliphatic carbocycles. The van der Waals surface area contributed by atoms with Crippen LogP contribution in [-0.2, 0) is 27.5 Å². The van der Waals surface area contributed by atoms with E-state index in [1.165, 1.54) is 17.2 Å². The van der Waals surface area contributed by atoms with E-state index in [-0.39, 0.29) is 42.3 Å². The van der Waals surface area contributed by atoms with E-state index < -0.39 is 51.4 Å². The second-order valence-corrected chi connectivity index (χ2v) is 10.6. The molecule has 1 atom stereocenters. The molecular formula is C23H21F4N5O4S. The fraction of sp³-hybridized carbons (Fsp3) is 0.391. The van der Waals surface area contributed by atoms with Crippen molar-refractivity contribution in [1.82, 2.24) is 19.5 Å². The van der Waals surface area contributed by atoms with Crippen LogP contribution in [0.3, 0.4) is 0 Å². The topological polar surface area (TPSA) is 123 Å². The second kappa shape index (κ2) is 10.1. The molecule has 0 spiro atoms. The third-order valence-corrected chi connectivity index (χ3v) is 8.00. The Bertz CT molecular complexity index is 1370. The lowest BCUT2D eigenvalue weighted by molar-refractivity contribution is -0.137. The maximum Gasteiger partial charge on any atom is 0.416 e. The summed E-state index contributed by atoms with van der Waals surface area (Å²) in [7, 11) is -4.00. The number of likely N-dealkylation sites (tertiary alicyclic amines) is 1. The number of carbonyl (C=O) groups excluding carboxylic acids is 2. The van der Waals surface area contributed by atoms with Gasteiger partial charge in [0.15, 0.2) is 5.03 Å². The highest BCUT2D eigenvalue weighted by molar-refractivity contribution is 7.89. The van der Waals surface area contributed by atoms with Gasteiger partial charge in [0, 0.05) is 43.5 Å². The number of halogens is 4. The fourth-order valence-electron chi connectivity index (χ4n) is 4.15. The highest BCUT2D eigenvalue weighted by atomic mass is 32.2. The standard InChI is InChI=1S/C23H21F4N5O4S/c24-18-9-17(23(25,26)27)4-3-16(18)11-30-21(33)19-2-1-7-32(19)22(34)15-5-6-29-20(8-15)37(35,36)31-12-14(10-28)13-31/h3-6,8-9,14,19H,1-2,7,11-13H2,(H,30,33)/t19-/m1/s1. The van der Waals surface area contributed by atoms with E-state index in [1.807, 2.05) is 6.07 Å². The molecule has 0 unspecified atom stereocenters. The van der Waals surface area contributed by atoms with Crippen LogP contribution >= 0.6 is 0 Å². The molecular weight excluding hydrogens is 518 g/mol. The number of alkyl halides is 3. The Morgan fingerprint density at radius 2 is 1.92 bits per heavy atom. The molecule has 196 valence electrons. The molecule has 0 radical (unpaired) electrons. The minimum Gasteiger partial charge on any atom is -0.350 e. The van der Waals surface area contributed by atoms with Gasteiger partial charge in [0.2, 0.25) is 5.91 Å². The van der Waals surface area contributed by atoms with E-state index in [9.17, 15) is 35.6 Å². The first-order chi connectivity index (χ1) is 17.4. The van der Waals surface area contributed by atoms with Crippen molar-refractivity contribution in [3.05, 3.63) is 59.0 Å². The number of sulfonamides is 1. The largest absolute Gasteiger partial charge is 0.416 e. The van der Waals surface area contributed by atoms with Gasteiger partial charge >= 0.3 is 6.18 Å². The molecule has 37 heavy (non-hydrogen) atoms. The maximum absolute atomic E-state index is 14.1. The minimum absolute atomic E-state index is 0.000541. The van der Waals surface area contributed by atoms with Crippen molar-refractivity contribution in [1.29, 1.82) is 5.26 Å². The SMILES string of the molecule is N#CC1CN(S(=O)(=O)c2cc(C(=O)N3CCC[C@@H]3C(=O)NCc3ccc(C(F)(F)F)cc3F)ccn2)C1. The van der Waals surface area contributed by atoms with Crippen LogP contribution in [0.1, 0.15) is 34.3 Å². The number of benzene rings is 1. The third kappa shape index (κ3) is 5.42. The van der Waals surface area contributed by atoms with Crippen molar-refractivity contribution in [2.45, 2.75) is 36.6 Å². The van der Waals surface area contributed by atoms with Crippen LogP contribution in [0.2, 0.25) is 0 Å². The third-order valence-electron chi connectivity index (χ3n) is 6.27. The minimum atomic E-state index is -4.70. The molecule has 2 fully saturated rings. The van der Waals surface area contributed by atoms with Crippen LogP contribution < -0.4 is 5.32 Å². The van der Waals surface area contributed by atoms with Gasteiger partial charge in [-0.1, -0.05) is 6.07 Å². The van der Waals surface area contributed by atoms with Gasteiger partial charge in [-0.25, -0.2) is 17.8 Å². The van der Waals surface area contributed by atoms with E-state index >= 15 is 0 Å². The molecule has 2 aliphatic rings. The first kappa shape index (κ1) is 26.5. The zero-order valence-corrected chi connectivity index (χ0v) is 20.0. The number of pyridine rings is 1. The highest BCUT2D eigenvalue weighted by Gasteiger charge is 2.39. The average Bonchev–Trinajstić information content (AvgIpc) is 3.31. The number of nitriles is 1. The molecule has 1 aromatic heterocycles. The van der Waals surface area contributed by atoms with Gasteiger partial charge in [-0.3, -0.25) is 9.59 Å². The van der Waals surface area contributed by atoms with Crippen LogP contribution in [0.5, 0.6) is 0 Å². The molecule has 9 nitrogen and oxygen atoms in total. The lowest BCUT2D eigenvalue weighted by Crippen LogP contribution is -2.49. The van der Waals surface area contributed by atoms with Crippen molar-refractivity contribution in [3.63, 3.8) is 0 Å². The van der Waals surface area contributed by atoms with Crippen molar-refractivity contribution in [3.8, 4) is 6.07 Å². The van der Waals surface area contributed by atoms with Crippen molar-refractivity contribution >= 4 is 21.8 Å². The molecule has 0 saturated carbocycles. The molecule has 1 aromatic carbocycles. The molecule has 0 bridgehead atoms. The number of amides is 2. The molecule has 14 heteroatoms. The smallest absolute Gasteiger partial charge is 0.350 e. The summed E-state index contributed by atoms with van der Waals surface area (Å²) in [5.74, 6) is -2.74. The Balaban J connectivity index is 1.44. The number of rotatable bonds is 6. The van der Waals surface area contributed by atoms with Gasteiger partial charge < -0.3 is 10.2 Å². The molecule has 1 N–H and O–H groups in total. The van der Waals surface area contributed by atoms with Crippen LogP contribution in [0, 0.1) is 23.1 Å². The number of aromatic nitrogens is 1. The summed E-state index contributed by atoms with van der Waals surface area (Å²) in [6, 6.07) is 5.49. The van der Waals surface area contributed by atoms with Gasteiger partial charge in [-0.05, 0) is 37.1 Å². The van der Waals surface area contributed by atoms with E-state index in [0.717, 1.165) is 16.4 Å². The van der Waals surface area contributed by atoms with Crippen molar-refractivity contribution in [2.75, 3.05) is 19.6 Å². The quantitative estimate of drug-likeness (QED) is 0.562. The van der Waals surface area contributed by atoms with E-state index in [2.05, 4.69) is 10.3 Å². The summed E-state index contributed by atoms with van der Waals surface area (Å²) in [5, 5.41) is 11.0. The summed E-state index contributed by atoms with van der Waals surface area (Å²) in [6.07, 6.45) is -2.75. The van der Waals surface area contributed by atoms with Crippen LogP contribution in [-0.4, -0.2) is 60.1 Å². The highest BCUT2D eigenvalue weighted by Crippen LogP contribution is 2.30. The first-order valence-electron chi connectivity index (χ1n) is 11.2. The first-order valence-corrected chi connectivity index (χ1v) is 12.7. The zero-order chi connectivity index (χ0) is 27.0. The molecule has 2 aliphatic heterocycles. The summed E-state index contributed by atoms with van der Waals surface area (Å²) in [4.78, 5) is 31.0. The van der Waals surface area contributed by atoms with E-state index in [0.29, 0.717) is 25.0 Å². The van der Waals surface area contributed by atoms with Crippen molar-refractivity contribution < 1.29 is 35.6 Å². The number of hydrogen-bond acceptors (Lipinski definition) is 6. The van der Waals surface area contributed by atoms with E-state index in [4.69, 9.17) is 5.26 Å². The monoisotopic (exact) mass is 539 g/mol. The second-order valence-electron chi connectivity index (χ2n) is 8.71. The summed E-state index contributed by atoms with van der Waals surface area (Å²) >= 11 is 0. The number of nitrogens with one attached hydrogen (secondary N) is 1. The molecule has 2 saturated heterocycles. The van der Waals surface area contributed by atoms with Crippen LogP contribution in [0.15, 0.2) is 41.6 Å². The molecule has 2 aromatic rings. The zero-order valence-electron chi connectivity index (χ0n) is 19.2. The Hall–Kier alpha value is -3.57. The number of nitrogens with zero attached hydrogens (tertiary/aromatic N) is 4. The summed E-state index contributed by atoms with van der Waals surface area (Å²) in [6.45, 7) is -0.0936. The average molecular weight is 540 g/mol. The number of hydrogen-bond donors (Lipinski definition) is 1. The normalized spacial score (nSPS) is 18.8. The lowest BCUT2D eigenvalue weighted by Gasteiger charge is -2.33. The fourth-order valence-corrected chi connectivity index (χ4v) is 5.63. The van der Waals surface area contributed by atoms with Crippen LogP contribution in [0.25, 0.3) is 0 Å². The molecule has 4 rings (SSSR count). The van der Waals surface area contributed by atoms with Gasteiger partial charge in [0.25, 0.3) is 15.9 Å². The molecule has 3 heterocycles. The van der Waals surface area contributed by atoms with Gasteiger partial charge in [-0.15, -0.1) is 0 Å². The predicted octanol–water partition coefficient (Wildman–Crippen LogP) is 2.30. The molecule has 2 amide bonds. The predicted molar refractivity (Wildman–Crippen MR) is 119 cm³/mol. The Morgan fingerprint density at radius 1 is 1.19 bits per heavy atom. The van der Waals surface area contributed by atoms with E-state index in [1.54, 1.807) is 0 Å². The summed E-state index contributed by atoms with van der Waals surface area (Å²) < 4.78 is 78.9. The van der Waals surface area contributed by atoms with Crippen molar-refractivity contribution in [2.24, 2.45) is 5.92 Å².